The van der Waals surface area contributed by atoms with E-state index in [4.69, 9.17) is 0 Å². The largest absolute Gasteiger partial charge is 0.434 e. The zero-order valence-electron chi connectivity index (χ0n) is 13.8. The normalized spacial score (nSPS) is 12.3. The summed E-state index contributed by atoms with van der Waals surface area (Å²) < 4.78 is 64.4. The van der Waals surface area contributed by atoms with Gasteiger partial charge in [0, 0.05) is 18.5 Å². The number of guanidine groups is 1. The molecule has 1 heterocycles. The summed E-state index contributed by atoms with van der Waals surface area (Å²) in [5.41, 5.74) is -0.713. The quantitative estimate of drug-likeness (QED) is 0.447. The molecule has 0 bridgehead atoms. The number of nitrogens with zero attached hydrogens (tertiary/aromatic N) is 2. The van der Waals surface area contributed by atoms with E-state index in [-0.39, 0.29) is 30.1 Å². The monoisotopic (exact) mass is 392 g/mol. The van der Waals surface area contributed by atoms with Gasteiger partial charge >= 0.3 is 6.18 Å². The van der Waals surface area contributed by atoms with Crippen LogP contribution in [0, 0.1) is 11.6 Å². The third-order valence-electron chi connectivity index (χ3n) is 3.28. The highest BCUT2D eigenvalue weighted by atomic mass is 32.1. The number of alkyl halides is 3. The van der Waals surface area contributed by atoms with E-state index in [0.717, 1.165) is 22.8 Å². The lowest BCUT2D eigenvalue weighted by Gasteiger charge is -2.11. The molecule has 0 atom stereocenters. The number of hydrogen-bond donors (Lipinski definition) is 2. The molecule has 0 fully saturated rings. The van der Waals surface area contributed by atoms with Gasteiger partial charge in [-0.2, -0.15) is 13.2 Å². The van der Waals surface area contributed by atoms with Crippen LogP contribution in [0.3, 0.4) is 0 Å². The molecule has 2 rings (SSSR count). The van der Waals surface area contributed by atoms with Crippen LogP contribution in [0.1, 0.15) is 23.2 Å². The van der Waals surface area contributed by atoms with Gasteiger partial charge in [-0.25, -0.2) is 18.8 Å². The van der Waals surface area contributed by atoms with E-state index < -0.39 is 23.5 Å². The summed E-state index contributed by atoms with van der Waals surface area (Å²) in [5, 5.41) is 7.03. The Bertz CT molecular complexity index is 757. The Kier molecular flexibility index (Phi) is 6.90. The van der Waals surface area contributed by atoms with Crippen molar-refractivity contribution in [2.24, 2.45) is 4.99 Å². The molecular formula is C16H17F5N4S. The van der Waals surface area contributed by atoms with Gasteiger partial charge in [-0.1, -0.05) is 12.1 Å². The number of halogens is 5. The summed E-state index contributed by atoms with van der Waals surface area (Å²) in [5.74, 6) is -1.45. The predicted molar refractivity (Wildman–Crippen MR) is 90.0 cm³/mol. The Morgan fingerprint density at radius 2 is 2.00 bits per heavy atom. The van der Waals surface area contributed by atoms with Crippen LogP contribution in [0.4, 0.5) is 22.0 Å². The zero-order valence-corrected chi connectivity index (χ0v) is 14.6. The van der Waals surface area contributed by atoms with E-state index in [1.165, 1.54) is 12.1 Å². The highest BCUT2D eigenvalue weighted by Gasteiger charge is 2.33. The lowest BCUT2D eigenvalue weighted by atomic mass is 10.1. The van der Waals surface area contributed by atoms with E-state index in [1.54, 1.807) is 0 Å². The van der Waals surface area contributed by atoms with Crippen molar-refractivity contribution >= 4 is 17.3 Å². The van der Waals surface area contributed by atoms with E-state index in [2.05, 4.69) is 20.6 Å². The smallest absolute Gasteiger partial charge is 0.357 e. The Hall–Kier alpha value is -2.23. The molecule has 0 aliphatic rings. The molecule has 0 saturated heterocycles. The van der Waals surface area contributed by atoms with Crippen molar-refractivity contribution in [3.63, 3.8) is 0 Å². The number of benzene rings is 1. The first-order chi connectivity index (χ1) is 12.3. The third-order valence-corrected chi connectivity index (χ3v) is 4.11. The standard InChI is InChI=1S/C16H17F5N4S/c1-2-22-15(23-7-6-10-4-3-5-11(17)14(10)18)24-8-13-25-12(9-26-13)16(19,20)21/h3-5,9H,2,6-8H2,1H3,(H2,22,23,24). The van der Waals surface area contributed by atoms with E-state index in [9.17, 15) is 22.0 Å². The van der Waals surface area contributed by atoms with Crippen molar-refractivity contribution in [1.82, 2.24) is 15.6 Å². The first-order valence-electron chi connectivity index (χ1n) is 7.78. The van der Waals surface area contributed by atoms with Crippen molar-refractivity contribution in [3.05, 3.63) is 51.5 Å². The van der Waals surface area contributed by atoms with Crippen LogP contribution in [0.25, 0.3) is 0 Å². The number of thiazole rings is 1. The predicted octanol–water partition coefficient (Wildman–Crippen LogP) is 3.74. The van der Waals surface area contributed by atoms with Crippen LogP contribution >= 0.6 is 11.3 Å². The van der Waals surface area contributed by atoms with Crippen LogP contribution in [0.2, 0.25) is 0 Å². The van der Waals surface area contributed by atoms with E-state index in [1.807, 2.05) is 6.92 Å². The van der Waals surface area contributed by atoms with Gasteiger partial charge in [-0.3, -0.25) is 0 Å². The first kappa shape index (κ1) is 20.1. The Labute approximate surface area is 151 Å². The summed E-state index contributed by atoms with van der Waals surface area (Å²) in [6.07, 6.45) is -4.25. The number of aromatic nitrogens is 1. The number of nitrogens with one attached hydrogen (secondary N) is 2. The number of rotatable bonds is 6. The lowest BCUT2D eigenvalue weighted by molar-refractivity contribution is -0.140. The molecule has 0 aliphatic heterocycles. The minimum Gasteiger partial charge on any atom is -0.357 e. The summed E-state index contributed by atoms with van der Waals surface area (Å²) in [4.78, 5) is 7.66. The minimum absolute atomic E-state index is 0.0234. The molecule has 142 valence electrons. The molecule has 0 spiro atoms. The maximum absolute atomic E-state index is 13.6. The fraction of sp³-hybridized carbons (Fsp3) is 0.375. The van der Waals surface area contributed by atoms with Crippen molar-refractivity contribution in [2.45, 2.75) is 26.1 Å². The van der Waals surface area contributed by atoms with Crippen molar-refractivity contribution < 1.29 is 22.0 Å². The van der Waals surface area contributed by atoms with E-state index >= 15 is 0 Å². The second-order valence-electron chi connectivity index (χ2n) is 5.21. The van der Waals surface area contributed by atoms with Gasteiger partial charge in [0.05, 0.1) is 6.54 Å². The highest BCUT2D eigenvalue weighted by Crippen LogP contribution is 2.30. The summed E-state index contributed by atoms with van der Waals surface area (Å²) in [7, 11) is 0. The van der Waals surface area contributed by atoms with Gasteiger partial charge in [-0.05, 0) is 25.0 Å². The van der Waals surface area contributed by atoms with Crippen molar-refractivity contribution in [3.8, 4) is 0 Å². The van der Waals surface area contributed by atoms with Gasteiger partial charge in [-0.15, -0.1) is 11.3 Å². The second kappa shape index (κ2) is 8.93. The topological polar surface area (TPSA) is 49.3 Å². The van der Waals surface area contributed by atoms with Gasteiger partial charge < -0.3 is 10.6 Å². The van der Waals surface area contributed by atoms with Crippen LogP contribution in [-0.2, 0) is 19.1 Å². The summed E-state index contributed by atoms with van der Waals surface area (Å²) in [6.45, 7) is 2.61. The van der Waals surface area contributed by atoms with Crippen LogP contribution in [0.15, 0.2) is 28.6 Å². The number of hydrogen-bond acceptors (Lipinski definition) is 3. The Morgan fingerprint density at radius 1 is 1.23 bits per heavy atom. The summed E-state index contributed by atoms with van der Waals surface area (Å²) >= 11 is 0.876. The molecule has 0 aliphatic carbocycles. The molecule has 10 heteroatoms. The minimum atomic E-state index is -4.48. The molecule has 4 nitrogen and oxygen atoms in total. The molecule has 2 aromatic rings. The van der Waals surface area contributed by atoms with Gasteiger partial charge in [0.25, 0.3) is 0 Å². The fourth-order valence-corrected chi connectivity index (χ4v) is 2.78. The molecule has 0 unspecified atom stereocenters. The maximum atomic E-state index is 13.6. The lowest BCUT2D eigenvalue weighted by Crippen LogP contribution is -2.38. The summed E-state index contributed by atoms with van der Waals surface area (Å²) in [6, 6.07) is 3.95. The van der Waals surface area contributed by atoms with Gasteiger partial charge in [0.15, 0.2) is 23.3 Å². The Morgan fingerprint density at radius 3 is 2.65 bits per heavy atom. The van der Waals surface area contributed by atoms with Crippen molar-refractivity contribution in [2.75, 3.05) is 13.1 Å². The SMILES string of the molecule is CCNC(=NCc1nc(C(F)(F)F)cs1)NCCc1cccc(F)c1F. The maximum Gasteiger partial charge on any atom is 0.434 e. The molecule has 2 N–H and O–H groups in total. The second-order valence-corrected chi connectivity index (χ2v) is 6.15. The molecule has 0 radical (unpaired) electrons. The zero-order chi connectivity index (χ0) is 19.2. The molecule has 26 heavy (non-hydrogen) atoms. The first-order valence-corrected chi connectivity index (χ1v) is 8.66. The fourth-order valence-electron chi connectivity index (χ4n) is 2.06. The van der Waals surface area contributed by atoms with E-state index in [0.29, 0.717) is 12.5 Å². The van der Waals surface area contributed by atoms with Crippen LogP contribution in [-0.4, -0.2) is 24.0 Å². The Balaban J connectivity index is 1.94. The average molecular weight is 392 g/mol. The molecule has 1 aromatic carbocycles. The van der Waals surface area contributed by atoms with Crippen LogP contribution in [0.5, 0.6) is 0 Å². The average Bonchev–Trinajstić information content (AvgIpc) is 3.06. The van der Waals surface area contributed by atoms with Gasteiger partial charge in [0.2, 0.25) is 0 Å². The van der Waals surface area contributed by atoms with Crippen LogP contribution < -0.4 is 10.6 Å². The van der Waals surface area contributed by atoms with Crippen molar-refractivity contribution in [1.29, 1.82) is 0 Å². The highest BCUT2D eigenvalue weighted by molar-refractivity contribution is 7.09. The molecule has 0 saturated carbocycles. The van der Waals surface area contributed by atoms with Gasteiger partial charge in [0.1, 0.15) is 5.01 Å². The molecular weight excluding hydrogens is 375 g/mol. The third kappa shape index (κ3) is 5.65. The number of aliphatic imine (C=N–C) groups is 1. The molecule has 0 amide bonds. The molecule has 1 aromatic heterocycles.